The number of nitrogens with one attached hydrogen (secondary N) is 2. The monoisotopic (exact) mass is 713 g/mol. The van der Waals surface area contributed by atoms with Crippen molar-refractivity contribution in [3.05, 3.63) is 77.3 Å². The summed E-state index contributed by atoms with van der Waals surface area (Å²) in [5, 5.41) is 4.22. The maximum Gasteiger partial charge on any atom is 0.410 e. The van der Waals surface area contributed by atoms with E-state index >= 15 is 0 Å². The Kier molecular flexibility index (Phi) is 11.4. The summed E-state index contributed by atoms with van der Waals surface area (Å²) in [4.78, 5) is 45.2. The van der Waals surface area contributed by atoms with Gasteiger partial charge in [-0.25, -0.2) is 14.8 Å². The standard InChI is InChI=1S/C40H55N7O3S/c1-11-29(31-15-12-14-30(41-31)27-20-22-46(23-21-27)37(49)50-39(6,7)8)42-33-16-13-17-34(44-33)51-45-36(48)28-18-19-32(38(3,4)5)43-35(28)47-25-26(2)24-40(47,9)10/h12-20,26,29H,11,21-25H2,1-10H3,(H,42,44)(H,45,48). The Hall–Kier alpha value is -4.12. The molecule has 0 aromatic carbocycles. The fourth-order valence-electron chi connectivity index (χ4n) is 6.70. The van der Waals surface area contributed by atoms with Crippen LogP contribution in [0.2, 0.25) is 0 Å². The molecule has 2 aliphatic heterocycles. The zero-order chi connectivity index (χ0) is 37.1. The van der Waals surface area contributed by atoms with Crippen LogP contribution in [0.1, 0.15) is 122 Å². The third kappa shape index (κ3) is 9.61. The molecule has 0 radical (unpaired) electrons. The van der Waals surface area contributed by atoms with Crippen LogP contribution in [0.15, 0.2) is 59.6 Å². The van der Waals surface area contributed by atoms with Crippen molar-refractivity contribution in [2.75, 3.05) is 29.9 Å². The molecule has 51 heavy (non-hydrogen) atoms. The summed E-state index contributed by atoms with van der Waals surface area (Å²) >= 11 is 1.20. The van der Waals surface area contributed by atoms with Crippen molar-refractivity contribution in [1.29, 1.82) is 0 Å². The van der Waals surface area contributed by atoms with Crippen molar-refractivity contribution < 1.29 is 14.3 Å². The molecular weight excluding hydrogens is 659 g/mol. The van der Waals surface area contributed by atoms with Gasteiger partial charge in [-0.15, -0.1) is 0 Å². The lowest BCUT2D eigenvalue weighted by molar-refractivity contribution is 0.0270. The average Bonchev–Trinajstić information content (AvgIpc) is 3.36. The van der Waals surface area contributed by atoms with E-state index in [1.807, 2.05) is 69.3 Å². The van der Waals surface area contributed by atoms with Crippen LogP contribution >= 0.6 is 11.9 Å². The molecule has 2 unspecified atom stereocenters. The van der Waals surface area contributed by atoms with Gasteiger partial charge in [-0.2, -0.15) is 0 Å². The first-order valence-corrected chi connectivity index (χ1v) is 18.9. The van der Waals surface area contributed by atoms with Crippen LogP contribution in [0.25, 0.3) is 5.57 Å². The van der Waals surface area contributed by atoms with Gasteiger partial charge in [0.2, 0.25) is 0 Å². The molecule has 11 heteroatoms. The summed E-state index contributed by atoms with van der Waals surface area (Å²) in [5.74, 6) is 1.75. The molecule has 0 bridgehead atoms. The Balaban J connectivity index is 1.26. The highest BCUT2D eigenvalue weighted by atomic mass is 32.2. The Morgan fingerprint density at radius 3 is 2.39 bits per heavy atom. The first kappa shape index (κ1) is 38.1. The molecule has 0 spiro atoms. The molecule has 274 valence electrons. The van der Waals surface area contributed by atoms with Crippen LogP contribution in [0, 0.1) is 5.92 Å². The molecule has 5 rings (SSSR count). The predicted molar refractivity (Wildman–Crippen MR) is 207 cm³/mol. The van der Waals surface area contributed by atoms with E-state index in [2.05, 4.69) is 69.5 Å². The quantitative estimate of drug-likeness (QED) is 0.210. The number of amides is 2. The fraction of sp³-hybridized carbons (Fsp3) is 0.525. The number of ether oxygens (including phenoxy) is 1. The number of carbonyl (C=O) groups is 2. The molecule has 1 saturated heterocycles. The second kappa shape index (κ2) is 15.2. The number of aromatic nitrogens is 3. The van der Waals surface area contributed by atoms with Crippen molar-refractivity contribution >= 4 is 41.2 Å². The fourth-order valence-corrected chi connectivity index (χ4v) is 7.29. The van der Waals surface area contributed by atoms with E-state index in [-0.39, 0.29) is 29.0 Å². The highest BCUT2D eigenvalue weighted by Gasteiger charge is 2.39. The Morgan fingerprint density at radius 2 is 1.76 bits per heavy atom. The van der Waals surface area contributed by atoms with E-state index in [9.17, 15) is 9.59 Å². The summed E-state index contributed by atoms with van der Waals surface area (Å²) in [6.45, 7) is 22.8. The molecule has 2 atom stereocenters. The highest BCUT2D eigenvalue weighted by Crippen LogP contribution is 2.38. The molecule has 5 heterocycles. The first-order valence-electron chi connectivity index (χ1n) is 18.1. The number of carbonyl (C=O) groups excluding carboxylic acids is 2. The van der Waals surface area contributed by atoms with Crippen LogP contribution < -0.4 is 14.9 Å². The molecule has 2 amide bonds. The normalized spacial score (nSPS) is 18.2. The van der Waals surface area contributed by atoms with Gasteiger partial charge in [-0.1, -0.05) is 52.8 Å². The van der Waals surface area contributed by atoms with Crippen LogP contribution in [-0.4, -0.2) is 62.6 Å². The third-order valence-corrected chi connectivity index (χ3v) is 9.96. The minimum atomic E-state index is -0.523. The molecule has 2 N–H and O–H groups in total. The Bertz CT molecular complexity index is 1760. The van der Waals surface area contributed by atoms with Crippen molar-refractivity contribution in [3.8, 4) is 0 Å². The van der Waals surface area contributed by atoms with E-state index in [4.69, 9.17) is 19.7 Å². The maximum atomic E-state index is 13.7. The van der Waals surface area contributed by atoms with E-state index in [0.29, 0.717) is 41.8 Å². The largest absolute Gasteiger partial charge is 0.444 e. The smallest absolute Gasteiger partial charge is 0.410 e. The number of rotatable bonds is 9. The average molecular weight is 714 g/mol. The van der Waals surface area contributed by atoms with E-state index in [1.165, 1.54) is 11.9 Å². The second-order valence-electron chi connectivity index (χ2n) is 16.4. The van der Waals surface area contributed by atoms with E-state index in [0.717, 1.165) is 47.9 Å². The van der Waals surface area contributed by atoms with Crippen molar-refractivity contribution in [2.45, 2.75) is 116 Å². The van der Waals surface area contributed by atoms with Gasteiger partial charge in [0.15, 0.2) is 0 Å². The molecule has 2 aliphatic rings. The molecule has 1 fully saturated rings. The summed E-state index contributed by atoms with van der Waals surface area (Å²) in [6, 6.07) is 15.6. The van der Waals surface area contributed by atoms with Gasteiger partial charge < -0.3 is 19.9 Å². The Labute approximate surface area is 308 Å². The zero-order valence-electron chi connectivity index (χ0n) is 32.0. The first-order chi connectivity index (χ1) is 23.9. The molecule has 0 aliphatic carbocycles. The van der Waals surface area contributed by atoms with Gasteiger partial charge in [0.25, 0.3) is 5.91 Å². The van der Waals surface area contributed by atoms with Crippen molar-refractivity contribution in [1.82, 2.24) is 24.6 Å². The van der Waals surface area contributed by atoms with Crippen molar-refractivity contribution in [2.24, 2.45) is 5.92 Å². The maximum absolute atomic E-state index is 13.7. The number of anilines is 2. The lowest BCUT2D eigenvalue weighted by Crippen LogP contribution is -2.40. The molecule has 0 saturated carbocycles. The lowest BCUT2D eigenvalue weighted by atomic mass is 9.91. The zero-order valence-corrected chi connectivity index (χ0v) is 32.8. The van der Waals surface area contributed by atoms with Crippen LogP contribution in [0.3, 0.4) is 0 Å². The van der Waals surface area contributed by atoms with Gasteiger partial charge >= 0.3 is 6.09 Å². The van der Waals surface area contributed by atoms with Gasteiger partial charge in [0.1, 0.15) is 22.3 Å². The van der Waals surface area contributed by atoms with Gasteiger partial charge in [-0.05, 0) is 102 Å². The Morgan fingerprint density at radius 1 is 1.02 bits per heavy atom. The van der Waals surface area contributed by atoms with Crippen LogP contribution in [-0.2, 0) is 10.2 Å². The summed E-state index contributed by atoms with van der Waals surface area (Å²) in [6.07, 6.45) is 4.32. The van der Waals surface area contributed by atoms with E-state index < -0.39 is 5.60 Å². The van der Waals surface area contributed by atoms with E-state index in [1.54, 1.807) is 4.90 Å². The molecular formula is C40H55N7O3S. The minimum absolute atomic E-state index is 0.0732. The molecule has 3 aromatic rings. The number of pyridine rings is 3. The highest BCUT2D eigenvalue weighted by molar-refractivity contribution is 7.97. The second-order valence-corrected chi connectivity index (χ2v) is 17.2. The lowest BCUT2D eigenvalue weighted by Gasteiger charge is -2.34. The van der Waals surface area contributed by atoms with Gasteiger partial charge in [-0.3, -0.25) is 14.5 Å². The van der Waals surface area contributed by atoms with Gasteiger partial charge in [0.05, 0.1) is 23.0 Å². The van der Waals surface area contributed by atoms with Crippen molar-refractivity contribution in [3.63, 3.8) is 0 Å². The van der Waals surface area contributed by atoms with Gasteiger partial charge in [0, 0.05) is 48.2 Å². The predicted octanol–water partition coefficient (Wildman–Crippen LogP) is 8.82. The summed E-state index contributed by atoms with van der Waals surface area (Å²) in [5.41, 5.74) is 3.70. The topological polar surface area (TPSA) is 113 Å². The summed E-state index contributed by atoms with van der Waals surface area (Å²) < 4.78 is 8.58. The number of hydrogen-bond acceptors (Lipinski definition) is 9. The number of nitrogens with zero attached hydrogens (tertiary/aromatic N) is 5. The summed E-state index contributed by atoms with van der Waals surface area (Å²) in [7, 11) is 0. The molecule has 3 aromatic heterocycles. The number of hydrogen-bond donors (Lipinski definition) is 2. The molecule has 10 nitrogen and oxygen atoms in total. The van der Waals surface area contributed by atoms with Crippen LogP contribution in [0.4, 0.5) is 16.4 Å². The minimum Gasteiger partial charge on any atom is -0.444 e. The van der Waals surface area contributed by atoms with Crippen LogP contribution in [0.5, 0.6) is 0 Å². The third-order valence-electron chi connectivity index (χ3n) is 9.24. The SMILES string of the molecule is CCC(Nc1cccc(SNC(=O)c2ccc(C(C)(C)C)nc2N2CC(C)CC2(C)C)n1)c1cccc(C2=CCN(C(=O)OC(C)(C)C)CC2)n1.